The number of carbonyl (C=O) groups excluding carboxylic acids is 4. The first kappa shape index (κ1) is 17.0. The largest absolute Gasteiger partial charge is 0.298 e. The Kier molecular flexibility index (Phi) is 3.16. The van der Waals surface area contributed by atoms with Crippen LogP contribution >= 0.6 is 0 Å². The van der Waals surface area contributed by atoms with Crippen LogP contribution in [0.2, 0.25) is 0 Å². The number of aryl methyl sites for hydroxylation is 1. The van der Waals surface area contributed by atoms with E-state index in [1.165, 1.54) is 0 Å². The second kappa shape index (κ2) is 5.57. The van der Waals surface area contributed by atoms with E-state index in [0.29, 0.717) is 33.0 Å². The molecule has 0 amide bonds. The molecular formula is C26H14O4. The number of hydrogen-bond donors (Lipinski definition) is 0. The van der Waals surface area contributed by atoms with Crippen molar-refractivity contribution in [2.45, 2.75) is 13.3 Å². The zero-order valence-corrected chi connectivity index (χ0v) is 16.0. The van der Waals surface area contributed by atoms with Crippen LogP contribution in [-0.4, -0.2) is 24.1 Å². The summed E-state index contributed by atoms with van der Waals surface area (Å²) >= 11 is 0. The van der Waals surface area contributed by atoms with Gasteiger partial charge >= 0.3 is 0 Å². The van der Waals surface area contributed by atoms with Crippen LogP contribution in [0.4, 0.5) is 0 Å². The van der Waals surface area contributed by atoms with Crippen molar-refractivity contribution in [3.8, 4) is 0 Å². The van der Waals surface area contributed by atoms with Gasteiger partial charge in [0.1, 0.15) is 0 Å². The van der Waals surface area contributed by atoms with E-state index in [4.69, 9.17) is 0 Å². The summed E-state index contributed by atoms with van der Waals surface area (Å²) in [6, 6.07) is 12.8. The summed E-state index contributed by atoms with van der Waals surface area (Å²) < 4.78 is 0. The lowest BCUT2D eigenvalue weighted by Gasteiger charge is -2.22. The van der Waals surface area contributed by atoms with Gasteiger partial charge in [-0.3, -0.25) is 19.2 Å². The summed E-state index contributed by atoms with van der Waals surface area (Å²) in [5.74, 6) is -0.305. The van der Waals surface area contributed by atoms with Crippen molar-refractivity contribution >= 4 is 67.2 Å². The SMILES string of the molecule is Cc1cc2c3c(ccc4c5ccc(C=O)c6c(C=O)ccc(c1c34)c65)C(=O)CC2=O. The van der Waals surface area contributed by atoms with Gasteiger partial charge in [-0.2, -0.15) is 0 Å². The lowest BCUT2D eigenvalue weighted by atomic mass is 9.79. The normalized spacial score (nSPS) is 13.8. The minimum atomic E-state index is -0.155. The van der Waals surface area contributed by atoms with Crippen LogP contribution in [0.15, 0.2) is 42.5 Å². The molecule has 30 heavy (non-hydrogen) atoms. The molecule has 0 aromatic heterocycles. The third-order valence-corrected chi connectivity index (χ3v) is 6.44. The van der Waals surface area contributed by atoms with E-state index in [1.54, 1.807) is 18.2 Å². The highest BCUT2D eigenvalue weighted by molar-refractivity contribution is 6.40. The Morgan fingerprint density at radius 1 is 0.633 bits per heavy atom. The number of fused-ring (bicyclic) bond motifs is 2. The number of Topliss-reactive ketones (excluding diaryl/α,β-unsaturated/α-hetero) is 2. The Balaban J connectivity index is 2.02. The molecule has 1 aliphatic rings. The molecule has 0 saturated carbocycles. The average molecular weight is 390 g/mol. The molecule has 0 N–H and O–H groups in total. The molecule has 5 aromatic carbocycles. The summed E-state index contributed by atoms with van der Waals surface area (Å²) in [5.41, 5.74) is 3.04. The van der Waals surface area contributed by atoms with E-state index in [1.807, 2.05) is 31.2 Å². The van der Waals surface area contributed by atoms with E-state index in [-0.39, 0.29) is 18.0 Å². The first-order chi connectivity index (χ1) is 14.5. The minimum absolute atomic E-state index is 0.0994. The molecule has 142 valence electrons. The standard InChI is InChI=1S/C26H14O4/c1-12-8-19-21(30)9-20(29)17-7-6-16-15-4-2-13(10-27)23-14(11-28)3-5-18(24(15)23)22(12)26(16)25(17)19/h2-8,10-11H,9H2,1H3. The smallest absolute Gasteiger partial charge is 0.171 e. The predicted molar refractivity (Wildman–Crippen MR) is 116 cm³/mol. The Morgan fingerprint density at radius 2 is 1.23 bits per heavy atom. The fourth-order valence-electron chi connectivity index (χ4n) is 5.24. The van der Waals surface area contributed by atoms with Crippen LogP contribution in [0.25, 0.3) is 43.1 Å². The monoisotopic (exact) mass is 390 g/mol. The van der Waals surface area contributed by atoms with Crippen molar-refractivity contribution in [1.82, 2.24) is 0 Å². The molecule has 0 atom stereocenters. The third kappa shape index (κ3) is 1.86. The second-order valence-corrected chi connectivity index (χ2v) is 7.94. The molecule has 5 aromatic rings. The minimum Gasteiger partial charge on any atom is -0.298 e. The van der Waals surface area contributed by atoms with Crippen LogP contribution in [0.3, 0.4) is 0 Å². The van der Waals surface area contributed by atoms with Gasteiger partial charge in [-0.15, -0.1) is 0 Å². The first-order valence-corrected chi connectivity index (χ1v) is 9.72. The van der Waals surface area contributed by atoms with Crippen molar-refractivity contribution < 1.29 is 19.2 Å². The molecule has 0 fully saturated rings. The summed E-state index contributed by atoms with van der Waals surface area (Å²) in [5, 5.41) is 6.78. The quantitative estimate of drug-likeness (QED) is 0.174. The molecule has 0 unspecified atom stereocenters. The Bertz CT molecular complexity index is 1620. The van der Waals surface area contributed by atoms with Gasteiger partial charge < -0.3 is 0 Å². The average Bonchev–Trinajstić information content (AvgIpc) is 2.76. The lowest BCUT2D eigenvalue weighted by Crippen LogP contribution is -2.16. The Labute approximate surface area is 170 Å². The number of hydrogen-bond acceptors (Lipinski definition) is 4. The molecule has 0 saturated heterocycles. The van der Waals surface area contributed by atoms with E-state index in [2.05, 4.69) is 0 Å². The van der Waals surface area contributed by atoms with Crippen LogP contribution in [0, 0.1) is 6.92 Å². The van der Waals surface area contributed by atoms with E-state index < -0.39 is 0 Å². The zero-order valence-electron chi connectivity index (χ0n) is 16.0. The number of aldehydes is 2. The van der Waals surface area contributed by atoms with Gasteiger partial charge in [0.2, 0.25) is 0 Å². The molecule has 0 bridgehead atoms. The van der Waals surface area contributed by atoms with Crippen molar-refractivity contribution in [1.29, 1.82) is 0 Å². The van der Waals surface area contributed by atoms with Crippen molar-refractivity contribution in [2.24, 2.45) is 0 Å². The van der Waals surface area contributed by atoms with Gasteiger partial charge in [0.15, 0.2) is 24.1 Å². The van der Waals surface area contributed by atoms with Crippen LogP contribution in [0.1, 0.15) is 53.4 Å². The lowest BCUT2D eigenvalue weighted by molar-refractivity contribution is 0.0889. The van der Waals surface area contributed by atoms with E-state index >= 15 is 0 Å². The molecule has 4 nitrogen and oxygen atoms in total. The summed E-state index contributed by atoms with van der Waals surface area (Å²) in [7, 11) is 0. The van der Waals surface area contributed by atoms with Crippen LogP contribution in [0.5, 0.6) is 0 Å². The van der Waals surface area contributed by atoms with Crippen molar-refractivity contribution in [2.75, 3.05) is 0 Å². The summed E-state index contributed by atoms with van der Waals surface area (Å²) in [4.78, 5) is 48.7. The summed E-state index contributed by atoms with van der Waals surface area (Å²) in [6.07, 6.45) is 1.45. The fraction of sp³-hybridized carbons (Fsp3) is 0.0769. The fourth-order valence-corrected chi connectivity index (χ4v) is 5.24. The highest BCUT2D eigenvalue weighted by Crippen LogP contribution is 2.45. The van der Waals surface area contributed by atoms with E-state index in [0.717, 1.165) is 50.5 Å². The highest BCUT2D eigenvalue weighted by atomic mass is 16.1. The molecule has 0 radical (unpaired) electrons. The van der Waals surface area contributed by atoms with E-state index in [9.17, 15) is 19.2 Å². The highest BCUT2D eigenvalue weighted by Gasteiger charge is 2.29. The second-order valence-electron chi connectivity index (χ2n) is 7.94. The first-order valence-electron chi connectivity index (χ1n) is 9.72. The molecule has 0 aliphatic heterocycles. The van der Waals surface area contributed by atoms with Crippen molar-refractivity contribution in [3.05, 3.63) is 70.3 Å². The number of benzene rings is 5. The zero-order chi connectivity index (χ0) is 20.7. The molecule has 4 heteroatoms. The summed E-state index contributed by atoms with van der Waals surface area (Å²) in [6.45, 7) is 1.96. The predicted octanol–water partition coefficient (Wildman–Crippen LogP) is 5.44. The van der Waals surface area contributed by atoms with Crippen molar-refractivity contribution in [3.63, 3.8) is 0 Å². The molecule has 6 rings (SSSR count). The maximum Gasteiger partial charge on any atom is 0.171 e. The topological polar surface area (TPSA) is 68.3 Å². The van der Waals surface area contributed by atoms with Gasteiger partial charge in [-0.25, -0.2) is 0 Å². The van der Waals surface area contributed by atoms with Gasteiger partial charge in [0.05, 0.1) is 6.42 Å². The van der Waals surface area contributed by atoms with Gasteiger partial charge in [0.25, 0.3) is 0 Å². The molecule has 0 spiro atoms. The molecular weight excluding hydrogens is 376 g/mol. The Hall–Kier alpha value is -3.92. The number of carbonyl (C=O) groups is 4. The molecule has 1 aliphatic carbocycles. The number of ketones is 2. The van der Waals surface area contributed by atoms with Gasteiger partial charge in [0, 0.05) is 33.0 Å². The van der Waals surface area contributed by atoms with Crippen LogP contribution in [-0.2, 0) is 0 Å². The number of rotatable bonds is 2. The molecule has 0 heterocycles. The van der Waals surface area contributed by atoms with Gasteiger partial charge in [-0.05, 0) is 50.9 Å². The Morgan fingerprint density at radius 3 is 1.93 bits per heavy atom. The van der Waals surface area contributed by atoms with Gasteiger partial charge in [-0.1, -0.05) is 36.4 Å². The maximum absolute atomic E-state index is 12.7. The maximum atomic E-state index is 12.7. The third-order valence-electron chi connectivity index (χ3n) is 6.44. The van der Waals surface area contributed by atoms with Crippen LogP contribution < -0.4 is 0 Å².